The fourth-order valence-electron chi connectivity index (χ4n) is 3.90. The maximum atomic E-state index is 9.83. The molecule has 0 amide bonds. The maximum absolute atomic E-state index is 9.83. The summed E-state index contributed by atoms with van der Waals surface area (Å²) in [5, 5.41) is 39.3. The van der Waals surface area contributed by atoms with Crippen molar-refractivity contribution in [2.75, 3.05) is 6.54 Å². The lowest BCUT2D eigenvalue weighted by molar-refractivity contribution is 0.269. The molecule has 0 fully saturated rings. The molecule has 0 radical (unpaired) electrons. The van der Waals surface area contributed by atoms with Crippen molar-refractivity contribution in [3.63, 3.8) is 0 Å². The second kappa shape index (κ2) is 9.39. The molecule has 3 aromatic rings. The Morgan fingerprint density at radius 3 is 1.45 bits per heavy atom. The third-order valence-electron chi connectivity index (χ3n) is 5.52. The number of para-hydroxylation sites is 1. The predicted molar refractivity (Wildman–Crippen MR) is 119 cm³/mol. The summed E-state index contributed by atoms with van der Waals surface area (Å²) in [6.45, 7) is 3.88. The van der Waals surface area contributed by atoms with Crippen LogP contribution in [0, 0.1) is 0 Å². The molecule has 0 unspecified atom stereocenters. The van der Waals surface area contributed by atoms with Crippen LogP contribution in [0.2, 0.25) is 0 Å². The Morgan fingerprint density at radius 2 is 1.03 bits per heavy atom. The molecule has 3 rings (SSSR count). The molecule has 3 aromatic carbocycles. The van der Waals surface area contributed by atoms with Crippen LogP contribution in [0.5, 0.6) is 0 Å². The van der Waals surface area contributed by atoms with Gasteiger partial charge in [-0.3, -0.25) is 4.48 Å². The first-order chi connectivity index (χ1) is 14.0. The zero-order valence-corrected chi connectivity index (χ0v) is 16.5. The second-order valence-electron chi connectivity index (χ2n) is 7.26. The van der Waals surface area contributed by atoms with E-state index in [4.69, 9.17) is 0 Å². The van der Waals surface area contributed by atoms with Gasteiger partial charge in [0, 0.05) is 11.1 Å². The van der Waals surface area contributed by atoms with Gasteiger partial charge in [0.05, 0.1) is 6.54 Å². The largest absolute Gasteiger partial charge is 0.488 e. The first-order valence-electron chi connectivity index (χ1n) is 9.76. The van der Waals surface area contributed by atoms with E-state index in [9.17, 15) is 20.1 Å². The Balaban J connectivity index is 2.11. The summed E-state index contributed by atoms with van der Waals surface area (Å²) in [6.07, 6.45) is 0. The van der Waals surface area contributed by atoms with Gasteiger partial charge in [0.1, 0.15) is 18.8 Å². The van der Waals surface area contributed by atoms with Crippen LogP contribution in [-0.2, 0) is 13.1 Å². The highest BCUT2D eigenvalue weighted by molar-refractivity contribution is 6.59. The van der Waals surface area contributed by atoms with Crippen LogP contribution in [0.25, 0.3) is 0 Å². The van der Waals surface area contributed by atoms with Gasteiger partial charge in [0.2, 0.25) is 0 Å². The number of benzene rings is 3. The van der Waals surface area contributed by atoms with Crippen LogP contribution < -0.4 is 15.4 Å². The number of hydrogen-bond donors (Lipinski definition) is 4. The third kappa shape index (κ3) is 4.78. The van der Waals surface area contributed by atoms with Crippen LogP contribution in [0.1, 0.15) is 18.1 Å². The lowest BCUT2D eigenvalue weighted by atomic mass is 9.76. The highest BCUT2D eigenvalue weighted by Crippen LogP contribution is 2.28. The van der Waals surface area contributed by atoms with E-state index in [-0.39, 0.29) is 0 Å². The minimum absolute atomic E-state index is 0.481. The van der Waals surface area contributed by atoms with Crippen LogP contribution in [-0.4, -0.2) is 40.9 Å². The molecule has 0 spiro atoms. The van der Waals surface area contributed by atoms with Crippen molar-refractivity contribution in [1.29, 1.82) is 0 Å². The first-order valence-corrected chi connectivity index (χ1v) is 9.76. The number of nitrogens with zero attached hydrogens (tertiary/aromatic N) is 1. The van der Waals surface area contributed by atoms with Crippen molar-refractivity contribution in [3.05, 3.63) is 90.0 Å². The second-order valence-corrected chi connectivity index (χ2v) is 7.26. The zero-order chi connectivity index (χ0) is 20.9. The highest BCUT2D eigenvalue weighted by Gasteiger charge is 2.33. The van der Waals surface area contributed by atoms with Crippen LogP contribution >= 0.6 is 0 Å². The third-order valence-corrected chi connectivity index (χ3v) is 5.52. The fraction of sp³-hybridized carbons (Fsp3) is 0.182. The van der Waals surface area contributed by atoms with Crippen molar-refractivity contribution < 1.29 is 20.1 Å². The molecule has 0 aliphatic rings. The van der Waals surface area contributed by atoms with Gasteiger partial charge in [0.25, 0.3) is 0 Å². The van der Waals surface area contributed by atoms with E-state index in [1.54, 1.807) is 24.3 Å². The van der Waals surface area contributed by atoms with Crippen molar-refractivity contribution in [2.24, 2.45) is 0 Å². The zero-order valence-electron chi connectivity index (χ0n) is 16.5. The number of rotatable bonds is 8. The fourth-order valence-corrected chi connectivity index (χ4v) is 3.90. The summed E-state index contributed by atoms with van der Waals surface area (Å²) in [5.41, 5.74) is 3.72. The minimum atomic E-state index is -1.55. The van der Waals surface area contributed by atoms with Crippen LogP contribution in [0.3, 0.4) is 0 Å². The van der Waals surface area contributed by atoms with Gasteiger partial charge in [-0.25, -0.2) is 0 Å². The van der Waals surface area contributed by atoms with E-state index >= 15 is 0 Å². The van der Waals surface area contributed by atoms with Crippen molar-refractivity contribution in [2.45, 2.75) is 20.0 Å². The molecular formula is C22H26B2NO4+. The van der Waals surface area contributed by atoms with Crippen LogP contribution in [0.4, 0.5) is 5.69 Å². The monoisotopic (exact) mass is 390 g/mol. The topological polar surface area (TPSA) is 80.9 Å². The Bertz CT molecular complexity index is 881. The van der Waals surface area contributed by atoms with Gasteiger partial charge in [-0.15, -0.1) is 0 Å². The summed E-state index contributed by atoms with van der Waals surface area (Å²) in [6, 6.07) is 24.7. The van der Waals surface area contributed by atoms with Crippen molar-refractivity contribution in [1.82, 2.24) is 4.48 Å². The average Bonchev–Trinajstić information content (AvgIpc) is 2.74. The number of quaternary nitrogens is 1. The molecule has 0 bridgehead atoms. The first kappa shape index (κ1) is 21.3. The van der Waals surface area contributed by atoms with Gasteiger partial charge in [-0.05, 0) is 30.0 Å². The Morgan fingerprint density at radius 1 is 0.621 bits per heavy atom. The smallest absolute Gasteiger partial charge is 0.423 e. The molecule has 29 heavy (non-hydrogen) atoms. The molecule has 0 saturated heterocycles. The Kier molecular flexibility index (Phi) is 6.90. The van der Waals surface area contributed by atoms with Gasteiger partial charge >= 0.3 is 14.2 Å². The summed E-state index contributed by atoms with van der Waals surface area (Å²) in [4.78, 5) is 0. The van der Waals surface area contributed by atoms with E-state index in [0.717, 1.165) is 23.4 Å². The highest BCUT2D eigenvalue weighted by atomic mass is 16.4. The molecule has 0 saturated carbocycles. The molecule has 0 aromatic heterocycles. The summed E-state index contributed by atoms with van der Waals surface area (Å²) >= 11 is 0. The van der Waals surface area contributed by atoms with E-state index in [2.05, 4.69) is 19.1 Å². The molecule has 0 aliphatic heterocycles. The molecule has 148 valence electrons. The lowest BCUT2D eigenvalue weighted by Crippen LogP contribution is -2.51. The normalized spacial score (nSPS) is 11.3. The van der Waals surface area contributed by atoms with Crippen molar-refractivity contribution >= 4 is 30.8 Å². The Hall–Kier alpha value is -2.41. The molecule has 0 heterocycles. The molecular weight excluding hydrogens is 364 g/mol. The summed E-state index contributed by atoms with van der Waals surface area (Å²) < 4.78 is 0.494. The Labute approximate surface area is 172 Å². The average molecular weight is 390 g/mol. The van der Waals surface area contributed by atoms with Crippen LogP contribution in [0.15, 0.2) is 78.9 Å². The molecule has 7 heteroatoms. The predicted octanol–water partition coefficient (Wildman–Crippen LogP) is 0.774. The minimum Gasteiger partial charge on any atom is -0.423 e. The van der Waals surface area contributed by atoms with Gasteiger partial charge in [-0.1, -0.05) is 66.7 Å². The molecule has 0 aliphatic carbocycles. The van der Waals surface area contributed by atoms with Gasteiger partial charge < -0.3 is 20.1 Å². The van der Waals surface area contributed by atoms with Crippen molar-refractivity contribution in [3.8, 4) is 0 Å². The van der Waals surface area contributed by atoms with E-state index in [1.165, 1.54) is 0 Å². The van der Waals surface area contributed by atoms with Gasteiger partial charge in [0.15, 0.2) is 0 Å². The molecule has 5 nitrogen and oxygen atoms in total. The quantitative estimate of drug-likeness (QED) is 0.339. The maximum Gasteiger partial charge on any atom is 0.488 e. The van der Waals surface area contributed by atoms with E-state index in [1.807, 2.05) is 42.5 Å². The van der Waals surface area contributed by atoms with E-state index in [0.29, 0.717) is 28.5 Å². The summed E-state index contributed by atoms with van der Waals surface area (Å²) in [7, 11) is -3.10. The van der Waals surface area contributed by atoms with E-state index < -0.39 is 14.2 Å². The SMILES string of the molecule is CC[N+](Cc1ccccc1B(O)O)(Cc1ccccc1B(O)O)c1ccccc1. The molecule has 0 atom stereocenters. The number of hydrogen-bond acceptors (Lipinski definition) is 4. The lowest BCUT2D eigenvalue weighted by Gasteiger charge is -2.38. The standard InChI is InChI=1S/C22H26B2NO4/c1-2-25(20-12-4-3-5-13-20,16-18-10-6-8-14-21(18)23(26)27)17-19-11-7-9-15-22(19)24(28)29/h3-15,26-29H,2,16-17H2,1H3/q+1. The van der Waals surface area contributed by atoms with Gasteiger partial charge in [-0.2, -0.15) is 0 Å². The molecule has 4 N–H and O–H groups in total. The summed E-state index contributed by atoms with van der Waals surface area (Å²) in [5.74, 6) is 0.